The van der Waals surface area contributed by atoms with Gasteiger partial charge in [0.05, 0.1) is 17.1 Å². The van der Waals surface area contributed by atoms with Crippen LogP contribution in [0.5, 0.6) is 0 Å². The van der Waals surface area contributed by atoms with Crippen LogP contribution in [0.1, 0.15) is 44.7 Å². The summed E-state index contributed by atoms with van der Waals surface area (Å²) < 4.78 is 7.26. The second kappa shape index (κ2) is 7.36. The zero-order chi connectivity index (χ0) is 19.9. The van der Waals surface area contributed by atoms with Gasteiger partial charge in [-0.25, -0.2) is 4.79 Å². The number of esters is 1. The number of aryl methyl sites for hydroxylation is 2. The lowest BCUT2D eigenvalue weighted by molar-refractivity contribution is -0.115. The Hall–Kier alpha value is -2.32. The van der Waals surface area contributed by atoms with E-state index in [9.17, 15) is 14.4 Å². The number of nitrogens with zero attached hydrogens (tertiary/aromatic N) is 1. The van der Waals surface area contributed by atoms with Gasteiger partial charge in [-0.2, -0.15) is 0 Å². The third-order valence-electron chi connectivity index (χ3n) is 4.45. The van der Waals surface area contributed by atoms with Crippen LogP contribution in [0.4, 0.5) is 4.79 Å². The smallest absolute Gasteiger partial charge is 0.341 e. The topological polar surface area (TPSA) is 77.4 Å². The Bertz CT molecular complexity index is 998. The normalized spacial score (nSPS) is 15.5. The highest BCUT2D eigenvalue weighted by Gasteiger charge is 2.27. The fourth-order valence-corrected chi connectivity index (χ4v) is 4.95. The Morgan fingerprint density at radius 3 is 2.56 bits per heavy atom. The van der Waals surface area contributed by atoms with E-state index >= 15 is 0 Å². The first-order chi connectivity index (χ1) is 12.7. The van der Waals surface area contributed by atoms with E-state index in [0.29, 0.717) is 17.1 Å². The fourth-order valence-electron chi connectivity index (χ4n) is 3.02. The summed E-state index contributed by atoms with van der Waals surface area (Å²) in [5, 5.41) is 2.70. The number of hydrogen-bond donors (Lipinski definition) is 1. The molecule has 142 valence electrons. The molecule has 6 nitrogen and oxygen atoms in total. The zero-order valence-electron chi connectivity index (χ0n) is 15.8. The molecule has 1 fully saturated rings. The maximum atomic E-state index is 12.5. The maximum Gasteiger partial charge on any atom is 0.341 e. The molecule has 0 unspecified atom stereocenters. The lowest BCUT2D eigenvalue weighted by Gasteiger charge is -2.11. The monoisotopic (exact) mass is 404 g/mol. The van der Waals surface area contributed by atoms with Crippen LogP contribution in [0, 0.1) is 27.7 Å². The summed E-state index contributed by atoms with van der Waals surface area (Å²) in [7, 11) is 0. The lowest BCUT2D eigenvalue weighted by Crippen LogP contribution is -2.17. The van der Waals surface area contributed by atoms with Crippen molar-refractivity contribution in [2.45, 2.75) is 34.6 Å². The van der Waals surface area contributed by atoms with Gasteiger partial charge in [-0.3, -0.25) is 14.9 Å². The molecule has 3 heterocycles. The van der Waals surface area contributed by atoms with Crippen molar-refractivity contribution in [1.82, 2.24) is 9.88 Å². The van der Waals surface area contributed by atoms with Crippen LogP contribution in [0.15, 0.2) is 11.0 Å². The maximum absolute atomic E-state index is 12.5. The second-order valence-corrected chi connectivity index (χ2v) is 8.42. The Balaban J connectivity index is 2.13. The van der Waals surface area contributed by atoms with Crippen LogP contribution in [0.3, 0.4) is 0 Å². The highest BCUT2D eigenvalue weighted by atomic mass is 32.2. The molecule has 0 atom stereocenters. The fraction of sp³-hybridized carbons (Fsp3) is 0.316. The zero-order valence-corrected chi connectivity index (χ0v) is 17.4. The Morgan fingerprint density at radius 2 is 1.96 bits per heavy atom. The quantitative estimate of drug-likeness (QED) is 0.608. The summed E-state index contributed by atoms with van der Waals surface area (Å²) in [6.07, 6.45) is 1.71. The number of rotatable bonds is 4. The van der Waals surface area contributed by atoms with Crippen LogP contribution >= 0.6 is 23.1 Å². The number of hydrogen-bond acceptors (Lipinski definition) is 6. The van der Waals surface area contributed by atoms with Gasteiger partial charge in [0.2, 0.25) is 0 Å². The molecule has 0 bridgehead atoms. The van der Waals surface area contributed by atoms with Crippen molar-refractivity contribution < 1.29 is 19.1 Å². The Kier molecular flexibility index (Phi) is 5.30. The molecule has 1 saturated heterocycles. The van der Waals surface area contributed by atoms with E-state index < -0.39 is 0 Å². The summed E-state index contributed by atoms with van der Waals surface area (Å²) in [5.41, 5.74) is 4.14. The molecule has 0 radical (unpaired) electrons. The van der Waals surface area contributed by atoms with Crippen LogP contribution < -0.4 is 5.32 Å². The molecule has 2 aromatic rings. The molecule has 0 spiro atoms. The number of ether oxygens (including phenoxy) is 1. The number of carbonyl (C=O) groups is 3. The van der Waals surface area contributed by atoms with E-state index in [1.807, 2.05) is 38.3 Å². The number of thiophene rings is 1. The summed E-state index contributed by atoms with van der Waals surface area (Å²) >= 11 is 2.43. The van der Waals surface area contributed by atoms with E-state index in [1.54, 1.807) is 13.0 Å². The van der Waals surface area contributed by atoms with Gasteiger partial charge >= 0.3 is 5.97 Å². The van der Waals surface area contributed by atoms with E-state index in [1.165, 1.54) is 11.3 Å². The van der Waals surface area contributed by atoms with Gasteiger partial charge in [-0.1, -0.05) is 0 Å². The molecular weight excluding hydrogens is 384 g/mol. The van der Waals surface area contributed by atoms with Crippen molar-refractivity contribution in [1.29, 1.82) is 0 Å². The summed E-state index contributed by atoms with van der Waals surface area (Å²) in [4.78, 5) is 37.2. The van der Waals surface area contributed by atoms with Gasteiger partial charge in [0.1, 0.15) is 5.00 Å². The molecule has 2 aromatic heterocycles. The molecular formula is C19H20N2O4S2. The van der Waals surface area contributed by atoms with Crippen molar-refractivity contribution in [3.63, 3.8) is 0 Å². The highest BCUT2D eigenvalue weighted by molar-refractivity contribution is 8.18. The van der Waals surface area contributed by atoms with Crippen LogP contribution in [0.25, 0.3) is 11.1 Å². The first kappa shape index (κ1) is 19.4. The predicted octanol–water partition coefficient (Wildman–Crippen LogP) is 4.27. The van der Waals surface area contributed by atoms with Gasteiger partial charge in [0, 0.05) is 16.3 Å². The summed E-state index contributed by atoms with van der Waals surface area (Å²) in [6.45, 7) is 9.87. The number of aromatic nitrogens is 1. The molecule has 27 heavy (non-hydrogen) atoms. The Morgan fingerprint density at radius 1 is 1.26 bits per heavy atom. The first-order valence-corrected chi connectivity index (χ1v) is 10.1. The van der Waals surface area contributed by atoms with E-state index in [4.69, 9.17) is 4.74 Å². The van der Waals surface area contributed by atoms with Crippen molar-refractivity contribution in [2.24, 2.45) is 0 Å². The standard InChI is InChI=1S/C19H20N2O4S2/c1-6-25-18(23)15-10(3)12(5)26-17(15)21-9(2)7-13(11(21)4)8-14-16(22)20-19(24)27-14/h7-8H,6H2,1-5H3,(H,20,22,24)/b14-8-. The molecule has 0 aliphatic carbocycles. The summed E-state index contributed by atoms with van der Waals surface area (Å²) in [6, 6.07) is 1.94. The molecule has 1 aliphatic heterocycles. The van der Waals surface area contributed by atoms with Gasteiger partial charge in [-0.05, 0) is 69.6 Å². The highest BCUT2D eigenvalue weighted by Crippen LogP contribution is 2.35. The van der Waals surface area contributed by atoms with Gasteiger partial charge in [0.15, 0.2) is 0 Å². The first-order valence-electron chi connectivity index (χ1n) is 8.45. The SMILES string of the molecule is CCOC(=O)c1c(-n2c(C)cc(/C=C3\SC(=O)NC3=O)c2C)sc(C)c1C. The van der Waals surface area contributed by atoms with Crippen LogP contribution in [-0.2, 0) is 9.53 Å². The van der Waals surface area contributed by atoms with Gasteiger partial charge in [-0.15, -0.1) is 11.3 Å². The molecule has 8 heteroatoms. The third-order valence-corrected chi connectivity index (χ3v) is 6.45. The average Bonchev–Trinajstić information content (AvgIpc) is 3.15. The minimum atomic E-state index is -0.384. The van der Waals surface area contributed by atoms with Gasteiger partial charge in [0.25, 0.3) is 11.1 Å². The molecule has 1 N–H and O–H groups in total. The molecule has 1 aliphatic rings. The van der Waals surface area contributed by atoms with E-state index in [0.717, 1.165) is 44.2 Å². The lowest BCUT2D eigenvalue weighted by atomic mass is 10.1. The minimum Gasteiger partial charge on any atom is -0.462 e. The largest absolute Gasteiger partial charge is 0.462 e. The predicted molar refractivity (Wildman–Crippen MR) is 108 cm³/mol. The van der Waals surface area contributed by atoms with Gasteiger partial charge < -0.3 is 9.30 Å². The van der Waals surface area contributed by atoms with Crippen LogP contribution in [-0.4, -0.2) is 28.3 Å². The van der Waals surface area contributed by atoms with Crippen LogP contribution in [0.2, 0.25) is 0 Å². The number of thioether (sulfide) groups is 1. The average molecular weight is 405 g/mol. The number of amides is 2. The second-order valence-electron chi connectivity index (χ2n) is 6.20. The van der Waals surface area contributed by atoms with Crippen molar-refractivity contribution in [3.8, 4) is 5.00 Å². The number of carbonyl (C=O) groups excluding carboxylic acids is 3. The number of nitrogens with one attached hydrogen (secondary N) is 1. The Labute approximate surface area is 165 Å². The van der Waals surface area contributed by atoms with Crippen molar-refractivity contribution in [3.05, 3.63) is 43.9 Å². The van der Waals surface area contributed by atoms with Crippen molar-refractivity contribution >= 4 is 46.3 Å². The third kappa shape index (κ3) is 3.46. The molecule has 0 saturated carbocycles. The van der Waals surface area contributed by atoms with Crippen molar-refractivity contribution in [2.75, 3.05) is 6.61 Å². The van der Waals surface area contributed by atoms with E-state index in [-0.39, 0.29) is 17.1 Å². The summed E-state index contributed by atoms with van der Waals surface area (Å²) in [5.74, 6) is -0.720. The van der Waals surface area contributed by atoms with E-state index in [2.05, 4.69) is 5.32 Å². The molecule has 2 amide bonds. The molecule has 3 rings (SSSR count). The molecule has 0 aromatic carbocycles. The number of imide groups is 1. The minimum absolute atomic E-state index is 0.313.